The van der Waals surface area contributed by atoms with Crippen LogP contribution in [0.1, 0.15) is 44.5 Å². The maximum absolute atomic E-state index is 9.06. The van der Waals surface area contributed by atoms with Crippen LogP contribution in [0.5, 0.6) is 0 Å². The van der Waals surface area contributed by atoms with Gasteiger partial charge in [-0.1, -0.05) is 18.5 Å². The molecule has 0 aromatic carbocycles. The highest BCUT2D eigenvalue weighted by molar-refractivity contribution is 6.31. The Hall–Kier alpha value is -0.580. The zero-order valence-electron chi connectivity index (χ0n) is 11.9. The van der Waals surface area contributed by atoms with Crippen LogP contribution in [0.2, 0.25) is 5.02 Å². The summed E-state index contributed by atoms with van der Waals surface area (Å²) < 4.78 is 1.99. The number of aromatic nitrogens is 2. The average Bonchev–Trinajstić information content (AvgIpc) is 3.10. The number of aliphatic hydroxyl groups is 1. The number of hydrogen-bond donors (Lipinski definition) is 2. The summed E-state index contributed by atoms with van der Waals surface area (Å²) >= 11 is 6.37. The van der Waals surface area contributed by atoms with E-state index in [1.165, 1.54) is 12.8 Å². The molecule has 0 bridgehead atoms. The van der Waals surface area contributed by atoms with Crippen molar-refractivity contribution in [1.29, 1.82) is 0 Å². The first kappa shape index (κ1) is 14.8. The first-order chi connectivity index (χ1) is 9.15. The van der Waals surface area contributed by atoms with Crippen molar-refractivity contribution in [3.63, 3.8) is 0 Å². The van der Waals surface area contributed by atoms with E-state index < -0.39 is 0 Å². The molecule has 0 saturated heterocycles. The normalized spacial score (nSPS) is 16.8. The highest BCUT2D eigenvalue weighted by atomic mass is 35.5. The molecule has 19 heavy (non-hydrogen) atoms. The summed E-state index contributed by atoms with van der Waals surface area (Å²) in [6, 6.07) is 0. The number of rotatable bonds is 8. The quantitative estimate of drug-likeness (QED) is 0.771. The van der Waals surface area contributed by atoms with E-state index in [-0.39, 0.29) is 6.61 Å². The van der Waals surface area contributed by atoms with Crippen molar-refractivity contribution in [2.45, 2.75) is 52.6 Å². The van der Waals surface area contributed by atoms with E-state index in [1.807, 2.05) is 4.68 Å². The number of nitrogens with zero attached hydrogens (tertiary/aromatic N) is 2. The molecule has 1 aliphatic rings. The number of aryl methyl sites for hydroxylation is 2. The maximum atomic E-state index is 9.06. The van der Waals surface area contributed by atoms with Crippen LogP contribution in [0.15, 0.2) is 0 Å². The summed E-state index contributed by atoms with van der Waals surface area (Å²) in [6.45, 7) is 7.01. The van der Waals surface area contributed by atoms with E-state index >= 15 is 0 Å². The second-order valence-corrected chi connectivity index (χ2v) is 5.83. The van der Waals surface area contributed by atoms with Crippen molar-refractivity contribution in [3.05, 3.63) is 16.4 Å². The van der Waals surface area contributed by atoms with E-state index in [9.17, 15) is 0 Å². The SMILES string of the molecule is CCc1nn(CC)c(CNCC2(CCO)CC2)c1Cl. The fourth-order valence-electron chi connectivity index (χ4n) is 2.56. The van der Waals surface area contributed by atoms with E-state index in [0.717, 1.165) is 48.9 Å². The molecule has 0 spiro atoms. The fraction of sp³-hybridized carbons (Fsp3) is 0.786. The molecule has 1 heterocycles. The summed E-state index contributed by atoms with van der Waals surface area (Å²) in [7, 11) is 0. The van der Waals surface area contributed by atoms with Crippen LogP contribution in [-0.4, -0.2) is 28.0 Å². The van der Waals surface area contributed by atoms with Crippen molar-refractivity contribution in [1.82, 2.24) is 15.1 Å². The molecule has 0 amide bonds. The van der Waals surface area contributed by atoms with Gasteiger partial charge in [0.2, 0.25) is 0 Å². The number of nitrogens with one attached hydrogen (secondary N) is 1. The molecule has 0 atom stereocenters. The van der Waals surface area contributed by atoms with E-state index in [1.54, 1.807) is 0 Å². The highest BCUT2D eigenvalue weighted by Gasteiger charge is 2.41. The summed E-state index contributed by atoms with van der Waals surface area (Å²) in [5, 5.41) is 17.9. The molecule has 0 radical (unpaired) electrons. The van der Waals surface area contributed by atoms with E-state index in [0.29, 0.717) is 5.41 Å². The van der Waals surface area contributed by atoms with Crippen LogP contribution in [0.4, 0.5) is 0 Å². The van der Waals surface area contributed by atoms with Crippen molar-refractivity contribution >= 4 is 11.6 Å². The Kier molecular flexibility index (Phi) is 4.87. The third-order valence-corrected chi connectivity index (χ3v) is 4.52. The van der Waals surface area contributed by atoms with Crippen molar-refractivity contribution in [3.8, 4) is 0 Å². The lowest BCUT2D eigenvalue weighted by Crippen LogP contribution is -2.25. The van der Waals surface area contributed by atoms with Gasteiger partial charge < -0.3 is 10.4 Å². The Labute approximate surface area is 120 Å². The predicted molar refractivity (Wildman–Crippen MR) is 77.4 cm³/mol. The summed E-state index contributed by atoms with van der Waals surface area (Å²) in [6.07, 6.45) is 4.22. The number of hydrogen-bond acceptors (Lipinski definition) is 3. The molecule has 1 aromatic rings. The second kappa shape index (κ2) is 6.25. The lowest BCUT2D eigenvalue weighted by atomic mass is 10.0. The molecule has 1 aliphatic carbocycles. The minimum absolute atomic E-state index is 0.287. The number of aliphatic hydroxyl groups excluding tert-OH is 1. The smallest absolute Gasteiger partial charge is 0.0863 e. The minimum Gasteiger partial charge on any atom is -0.396 e. The van der Waals surface area contributed by atoms with Crippen LogP contribution in [-0.2, 0) is 19.5 Å². The first-order valence-electron chi connectivity index (χ1n) is 7.21. The Bertz CT molecular complexity index is 427. The van der Waals surface area contributed by atoms with Gasteiger partial charge in [-0.25, -0.2) is 0 Å². The second-order valence-electron chi connectivity index (χ2n) is 5.45. The maximum Gasteiger partial charge on any atom is 0.0863 e. The van der Waals surface area contributed by atoms with Gasteiger partial charge in [-0.05, 0) is 38.0 Å². The predicted octanol–water partition coefficient (Wildman–Crippen LogP) is 2.37. The van der Waals surface area contributed by atoms with Gasteiger partial charge in [0.15, 0.2) is 0 Å². The third kappa shape index (κ3) is 3.30. The molecule has 2 rings (SSSR count). The first-order valence-corrected chi connectivity index (χ1v) is 7.59. The Morgan fingerprint density at radius 3 is 2.68 bits per heavy atom. The third-order valence-electron chi connectivity index (χ3n) is 4.09. The van der Waals surface area contributed by atoms with Crippen molar-refractivity contribution in [2.24, 2.45) is 5.41 Å². The Morgan fingerprint density at radius 2 is 2.16 bits per heavy atom. The molecule has 0 aliphatic heterocycles. The van der Waals surface area contributed by atoms with Gasteiger partial charge in [-0.3, -0.25) is 4.68 Å². The Balaban J connectivity index is 1.94. The van der Waals surface area contributed by atoms with Crippen LogP contribution < -0.4 is 5.32 Å². The fourth-order valence-corrected chi connectivity index (χ4v) is 2.90. The van der Waals surface area contributed by atoms with Crippen LogP contribution >= 0.6 is 11.6 Å². The van der Waals surface area contributed by atoms with Crippen LogP contribution in [0.3, 0.4) is 0 Å². The molecule has 4 nitrogen and oxygen atoms in total. The van der Waals surface area contributed by atoms with Crippen LogP contribution in [0.25, 0.3) is 0 Å². The van der Waals surface area contributed by atoms with Gasteiger partial charge in [0, 0.05) is 26.2 Å². The van der Waals surface area contributed by atoms with Gasteiger partial charge in [0.1, 0.15) is 0 Å². The molecular formula is C14H24ClN3O. The standard InChI is InChI=1S/C14H24ClN3O/c1-3-11-13(15)12(18(4-2)17-11)9-16-10-14(5-6-14)7-8-19/h16,19H,3-10H2,1-2H3. The van der Waals surface area contributed by atoms with Gasteiger partial charge >= 0.3 is 0 Å². The lowest BCUT2D eigenvalue weighted by Gasteiger charge is -2.15. The molecule has 2 N–H and O–H groups in total. The average molecular weight is 286 g/mol. The molecule has 0 unspecified atom stereocenters. The van der Waals surface area contributed by atoms with Crippen molar-refractivity contribution in [2.75, 3.05) is 13.2 Å². The summed E-state index contributed by atoms with van der Waals surface area (Å²) in [5.41, 5.74) is 2.41. The molecule has 5 heteroatoms. The van der Waals surface area contributed by atoms with E-state index in [2.05, 4.69) is 24.3 Å². The zero-order valence-corrected chi connectivity index (χ0v) is 12.6. The molecule has 1 saturated carbocycles. The monoisotopic (exact) mass is 285 g/mol. The van der Waals surface area contributed by atoms with Gasteiger partial charge in [0.05, 0.1) is 16.4 Å². The van der Waals surface area contributed by atoms with E-state index in [4.69, 9.17) is 16.7 Å². The molecule has 1 fully saturated rings. The summed E-state index contributed by atoms with van der Waals surface area (Å²) in [4.78, 5) is 0. The largest absolute Gasteiger partial charge is 0.396 e. The van der Waals surface area contributed by atoms with Gasteiger partial charge in [0.25, 0.3) is 0 Å². The van der Waals surface area contributed by atoms with Crippen molar-refractivity contribution < 1.29 is 5.11 Å². The van der Waals surface area contributed by atoms with Gasteiger partial charge in [-0.15, -0.1) is 0 Å². The minimum atomic E-state index is 0.287. The molecular weight excluding hydrogens is 262 g/mol. The lowest BCUT2D eigenvalue weighted by molar-refractivity contribution is 0.245. The highest BCUT2D eigenvalue weighted by Crippen LogP contribution is 2.47. The molecule has 108 valence electrons. The van der Waals surface area contributed by atoms with Crippen LogP contribution in [0, 0.1) is 5.41 Å². The Morgan fingerprint density at radius 1 is 1.42 bits per heavy atom. The van der Waals surface area contributed by atoms with Gasteiger partial charge in [-0.2, -0.15) is 5.10 Å². The zero-order chi connectivity index (χ0) is 13.9. The number of halogens is 1. The summed E-state index contributed by atoms with van der Waals surface area (Å²) in [5.74, 6) is 0. The molecule has 1 aromatic heterocycles. The topological polar surface area (TPSA) is 50.1 Å².